The number of hydrogen-bond acceptors (Lipinski definition) is 5. The Bertz CT molecular complexity index is 1210. The number of nitrogens with one attached hydrogen (secondary N) is 1. The number of aromatic nitrogens is 2. The first kappa shape index (κ1) is 17.6. The fraction of sp³-hybridized carbons (Fsp3) is 0.150. The molecule has 0 saturated heterocycles. The summed E-state index contributed by atoms with van der Waals surface area (Å²) >= 11 is 0. The van der Waals surface area contributed by atoms with Crippen molar-refractivity contribution in [2.75, 3.05) is 5.32 Å². The Morgan fingerprint density at radius 3 is 2.57 bits per heavy atom. The van der Waals surface area contributed by atoms with Gasteiger partial charge in [-0.05, 0) is 36.2 Å². The molecule has 0 atom stereocenters. The summed E-state index contributed by atoms with van der Waals surface area (Å²) in [5.41, 5.74) is 1.07. The normalized spacial score (nSPS) is 13.1. The molecular weight excluding hydrogens is 362 g/mol. The topological polar surface area (TPSA) is 118 Å². The van der Waals surface area contributed by atoms with Crippen molar-refractivity contribution in [3.63, 3.8) is 0 Å². The van der Waals surface area contributed by atoms with E-state index in [9.17, 15) is 24.3 Å². The molecule has 1 aliphatic rings. The van der Waals surface area contributed by atoms with Crippen molar-refractivity contribution < 1.29 is 19.5 Å². The molecule has 8 heteroatoms. The number of aryl methyl sites for hydroxylation is 1. The minimum Gasteiger partial charge on any atom is -0.476 e. The van der Waals surface area contributed by atoms with Crippen LogP contribution in [0.15, 0.2) is 47.3 Å². The molecule has 0 radical (unpaired) electrons. The van der Waals surface area contributed by atoms with E-state index in [2.05, 4.69) is 10.4 Å². The predicted octanol–water partition coefficient (Wildman–Crippen LogP) is 1.86. The third-order valence-electron chi connectivity index (χ3n) is 4.69. The molecule has 4 rings (SSSR count). The van der Waals surface area contributed by atoms with E-state index in [1.54, 1.807) is 30.3 Å². The predicted molar refractivity (Wildman–Crippen MR) is 101 cm³/mol. The van der Waals surface area contributed by atoms with Crippen LogP contribution in [-0.2, 0) is 17.8 Å². The Morgan fingerprint density at radius 2 is 1.82 bits per heavy atom. The molecule has 0 spiro atoms. The van der Waals surface area contributed by atoms with E-state index >= 15 is 0 Å². The maximum absolute atomic E-state index is 12.7. The zero-order chi connectivity index (χ0) is 19.8. The number of benzene rings is 2. The van der Waals surface area contributed by atoms with Crippen molar-refractivity contribution in [3.8, 4) is 0 Å². The van der Waals surface area contributed by atoms with Crippen molar-refractivity contribution in [1.29, 1.82) is 0 Å². The van der Waals surface area contributed by atoms with Crippen LogP contribution in [0.2, 0.25) is 0 Å². The molecule has 2 aromatic carbocycles. The van der Waals surface area contributed by atoms with Crippen molar-refractivity contribution in [2.24, 2.45) is 0 Å². The quantitative estimate of drug-likeness (QED) is 0.670. The highest BCUT2D eigenvalue weighted by molar-refractivity contribution is 6.02. The second-order valence-corrected chi connectivity index (χ2v) is 6.51. The van der Waals surface area contributed by atoms with Crippen LogP contribution in [0.4, 0.5) is 5.69 Å². The standard InChI is InChI=1S/C20H15N3O5/c24-16(12-5-7-15-11(9-12)6-8-17(25)21-15)10-23-19(26)14-4-2-1-3-13(14)18(22-23)20(27)28/h1-5,7,9H,6,8,10H2,(H,21,25)(H,27,28). The third-order valence-corrected chi connectivity index (χ3v) is 4.69. The minimum absolute atomic E-state index is 0.0697. The number of fused-ring (bicyclic) bond motifs is 2. The number of nitrogens with zero attached hydrogens (tertiary/aromatic N) is 2. The van der Waals surface area contributed by atoms with Gasteiger partial charge in [0.25, 0.3) is 5.56 Å². The Hall–Kier alpha value is -3.81. The summed E-state index contributed by atoms with van der Waals surface area (Å²) in [6.07, 6.45) is 0.873. The highest BCUT2D eigenvalue weighted by atomic mass is 16.4. The summed E-state index contributed by atoms with van der Waals surface area (Å²) in [7, 11) is 0. The lowest BCUT2D eigenvalue weighted by molar-refractivity contribution is -0.116. The lowest BCUT2D eigenvalue weighted by Gasteiger charge is -2.17. The summed E-state index contributed by atoms with van der Waals surface area (Å²) in [5.74, 6) is -1.72. The fourth-order valence-corrected chi connectivity index (χ4v) is 3.28. The lowest BCUT2D eigenvalue weighted by atomic mass is 9.99. The second kappa shape index (κ2) is 6.73. The van der Waals surface area contributed by atoms with E-state index in [4.69, 9.17) is 0 Å². The number of anilines is 1. The van der Waals surface area contributed by atoms with Gasteiger partial charge >= 0.3 is 5.97 Å². The summed E-state index contributed by atoms with van der Waals surface area (Å²) in [6.45, 7) is -0.380. The third kappa shape index (κ3) is 3.05. The molecule has 8 nitrogen and oxygen atoms in total. The molecule has 0 fully saturated rings. The van der Waals surface area contributed by atoms with Crippen LogP contribution in [0.5, 0.6) is 0 Å². The van der Waals surface area contributed by atoms with E-state index in [0.29, 0.717) is 24.1 Å². The molecule has 2 heterocycles. The van der Waals surface area contributed by atoms with E-state index in [1.807, 2.05) is 0 Å². The smallest absolute Gasteiger partial charge is 0.357 e. The van der Waals surface area contributed by atoms with Gasteiger partial charge in [0.15, 0.2) is 11.5 Å². The van der Waals surface area contributed by atoms with Gasteiger partial charge in [-0.15, -0.1) is 0 Å². The zero-order valence-electron chi connectivity index (χ0n) is 14.6. The Labute approximate surface area is 158 Å². The Kier molecular flexibility index (Phi) is 4.23. The Morgan fingerprint density at radius 1 is 1.07 bits per heavy atom. The van der Waals surface area contributed by atoms with E-state index in [-0.39, 0.29) is 34.7 Å². The summed E-state index contributed by atoms with van der Waals surface area (Å²) in [5, 5.41) is 16.5. The fourth-order valence-electron chi connectivity index (χ4n) is 3.28. The number of hydrogen-bond donors (Lipinski definition) is 2. The highest BCUT2D eigenvalue weighted by Gasteiger charge is 2.19. The molecule has 3 aromatic rings. The van der Waals surface area contributed by atoms with Crippen LogP contribution in [0, 0.1) is 0 Å². The monoisotopic (exact) mass is 377 g/mol. The molecule has 0 unspecified atom stereocenters. The summed E-state index contributed by atoms with van der Waals surface area (Å²) in [4.78, 5) is 48.3. The van der Waals surface area contributed by atoms with Gasteiger partial charge in [0.2, 0.25) is 5.91 Å². The minimum atomic E-state index is -1.28. The highest BCUT2D eigenvalue weighted by Crippen LogP contribution is 2.24. The van der Waals surface area contributed by atoms with Crippen molar-refractivity contribution in [1.82, 2.24) is 9.78 Å². The van der Waals surface area contributed by atoms with E-state index in [0.717, 1.165) is 10.2 Å². The number of carbonyl (C=O) groups excluding carboxylic acids is 2. The largest absolute Gasteiger partial charge is 0.476 e. The van der Waals surface area contributed by atoms with Gasteiger partial charge in [0, 0.05) is 23.1 Å². The van der Waals surface area contributed by atoms with E-state index < -0.39 is 11.5 Å². The summed E-state index contributed by atoms with van der Waals surface area (Å²) in [6, 6.07) is 11.2. The number of ketones is 1. The van der Waals surface area contributed by atoms with Gasteiger partial charge in [-0.3, -0.25) is 14.4 Å². The number of Topliss-reactive ketones (excluding diaryl/α,β-unsaturated/α-hetero) is 1. The number of amides is 1. The summed E-state index contributed by atoms with van der Waals surface area (Å²) < 4.78 is 0.884. The lowest BCUT2D eigenvalue weighted by Crippen LogP contribution is -2.29. The molecular formula is C20H15N3O5. The molecule has 0 bridgehead atoms. The van der Waals surface area contributed by atoms with Crippen LogP contribution < -0.4 is 10.9 Å². The first-order valence-corrected chi connectivity index (χ1v) is 8.63. The van der Waals surface area contributed by atoms with Crippen molar-refractivity contribution in [2.45, 2.75) is 19.4 Å². The maximum Gasteiger partial charge on any atom is 0.357 e. The van der Waals surface area contributed by atoms with Crippen LogP contribution in [0.3, 0.4) is 0 Å². The van der Waals surface area contributed by atoms with Gasteiger partial charge in [0.05, 0.1) is 5.39 Å². The molecule has 1 aliphatic heterocycles. The van der Waals surface area contributed by atoms with Crippen molar-refractivity contribution in [3.05, 3.63) is 69.6 Å². The molecule has 28 heavy (non-hydrogen) atoms. The Balaban J connectivity index is 1.71. The van der Waals surface area contributed by atoms with Crippen LogP contribution in [0.1, 0.15) is 32.8 Å². The van der Waals surface area contributed by atoms with Crippen LogP contribution in [-0.4, -0.2) is 32.5 Å². The van der Waals surface area contributed by atoms with E-state index in [1.165, 1.54) is 12.1 Å². The number of carboxylic acid groups (broad SMARTS) is 1. The van der Waals surface area contributed by atoms with Gasteiger partial charge < -0.3 is 10.4 Å². The van der Waals surface area contributed by atoms with Crippen molar-refractivity contribution >= 4 is 34.1 Å². The SMILES string of the molecule is O=C1CCc2cc(C(=O)Cn3nc(C(=O)O)c4ccccc4c3=O)ccc2N1. The first-order chi connectivity index (χ1) is 13.4. The second-order valence-electron chi connectivity index (χ2n) is 6.51. The molecule has 0 saturated carbocycles. The van der Waals surface area contributed by atoms with Gasteiger partial charge in [0.1, 0.15) is 6.54 Å². The molecule has 1 aromatic heterocycles. The number of rotatable bonds is 4. The molecule has 0 aliphatic carbocycles. The van der Waals surface area contributed by atoms with Crippen LogP contribution >= 0.6 is 0 Å². The zero-order valence-corrected chi connectivity index (χ0v) is 14.6. The molecule has 140 valence electrons. The average Bonchev–Trinajstić information content (AvgIpc) is 2.69. The number of carbonyl (C=O) groups is 3. The molecule has 1 amide bonds. The first-order valence-electron chi connectivity index (χ1n) is 8.63. The number of carboxylic acids is 1. The van der Waals surface area contributed by atoms with Gasteiger partial charge in [-0.25, -0.2) is 9.48 Å². The average molecular weight is 377 g/mol. The number of aromatic carboxylic acids is 1. The van der Waals surface area contributed by atoms with Crippen LogP contribution in [0.25, 0.3) is 10.8 Å². The van der Waals surface area contributed by atoms with Gasteiger partial charge in [-0.1, -0.05) is 18.2 Å². The maximum atomic E-state index is 12.7. The van der Waals surface area contributed by atoms with Gasteiger partial charge in [-0.2, -0.15) is 5.10 Å². The molecule has 2 N–H and O–H groups in total.